The van der Waals surface area contributed by atoms with Crippen molar-refractivity contribution < 1.29 is 9.59 Å². The summed E-state index contributed by atoms with van der Waals surface area (Å²) in [7, 11) is 0. The molecular weight excluding hydrogens is 362 g/mol. The van der Waals surface area contributed by atoms with Gasteiger partial charge in [-0.25, -0.2) is 0 Å². The molecule has 5 heteroatoms. The Balaban J connectivity index is 0.00000176. The first kappa shape index (κ1) is 16.8. The quantitative estimate of drug-likeness (QED) is 0.812. The summed E-state index contributed by atoms with van der Waals surface area (Å²) in [5.74, 6) is 0.622. The van der Waals surface area contributed by atoms with E-state index < -0.39 is 5.54 Å². The van der Waals surface area contributed by atoms with E-state index in [9.17, 15) is 9.59 Å². The Hall–Kier alpha value is -1.59. The Bertz CT molecular complexity index is 663. The lowest BCUT2D eigenvalue weighted by Crippen LogP contribution is -2.42. The second-order valence-corrected chi connectivity index (χ2v) is 6.06. The lowest BCUT2D eigenvalue weighted by Gasteiger charge is -2.28. The summed E-state index contributed by atoms with van der Waals surface area (Å²) in [6, 6.07) is 18.9. The molecule has 0 aliphatic carbocycles. The summed E-state index contributed by atoms with van der Waals surface area (Å²) in [5, 5.41) is 2.92. The van der Waals surface area contributed by atoms with Crippen molar-refractivity contribution in [3.8, 4) is 0 Å². The summed E-state index contributed by atoms with van der Waals surface area (Å²) in [5.41, 5.74) is 1.06. The van der Waals surface area contributed by atoms with Gasteiger partial charge in [-0.3, -0.25) is 9.59 Å². The molecule has 1 unspecified atom stereocenters. The highest BCUT2D eigenvalue weighted by atomic mass is 79.9. The standard InChI is InChI=1S/C17H15NO2S.BrH/c19-15(13-7-3-1-4-8-13)11-17(12-21-16(20)18-17)14-9-5-2-6-10-14;/h1-10H,11-12H2,(H,18,20);1H. The molecule has 3 nitrogen and oxygen atoms in total. The minimum Gasteiger partial charge on any atom is -0.336 e. The molecule has 1 fully saturated rings. The van der Waals surface area contributed by atoms with Crippen molar-refractivity contribution in [3.05, 3.63) is 71.8 Å². The minimum atomic E-state index is -0.601. The van der Waals surface area contributed by atoms with Crippen LogP contribution >= 0.6 is 28.7 Å². The van der Waals surface area contributed by atoms with Crippen LogP contribution in [0.4, 0.5) is 4.79 Å². The number of hydrogen-bond acceptors (Lipinski definition) is 3. The number of carbonyl (C=O) groups excluding carboxylic acids is 2. The zero-order chi connectivity index (χ0) is 14.7. The summed E-state index contributed by atoms with van der Waals surface area (Å²) < 4.78 is 0. The highest BCUT2D eigenvalue weighted by Crippen LogP contribution is 2.36. The van der Waals surface area contributed by atoms with Gasteiger partial charge in [-0.2, -0.15) is 0 Å². The number of nitrogens with one attached hydrogen (secondary N) is 1. The van der Waals surface area contributed by atoms with E-state index in [1.165, 1.54) is 11.8 Å². The summed E-state index contributed by atoms with van der Waals surface area (Å²) in [6.07, 6.45) is 0.278. The number of amides is 1. The number of rotatable bonds is 4. The molecule has 0 spiro atoms. The van der Waals surface area contributed by atoms with Gasteiger partial charge in [-0.05, 0) is 5.56 Å². The van der Waals surface area contributed by atoms with Crippen molar-refractivity contribution >= 4 is 39.8 Å². The van der Waals surface area contributed by atoms with Gasteiger partial charge in [0.25, 0.3) is 5.24 Å². The van der Waals surface area contributed by atoms with Gasteiger partial charge in [-0.15, -0.1) is 17.0 Å². The molecule has 0 bridgehead atoms. The van der Waals surface area contributed by atoms with Crippen LogP contribution < -0.4 is 5.32 Å². The van der Waals surface area contributed by atoms with Gasteiger partial charge in [-0.1, -0.05) is 72.4 Å². The zero-order valence-electron chi connectivity index (χ0n) is 11.8. The molecule has 114 valence electrons. The highest BCUT2D eigenvalue weighted by Gasteiger charge is 2.41. The fourth-order valence-electron chi connectivity index (χ4n) is 2.57. The molecule has 2 aromatic carbocycles. The minimum absolute atomic E-state index is 0. The van der Waals surface area contributed by atoms with Crippen molar-refractivity contribution in [2.45, 2.75) is 12.0 Å². The molecule has 1 amide bonds. The van der Waals surface area contributed by atoms with Crippen LogP contribution in [0.5, 0.6) is 0 Å². The summed E-state index contributed by atoms with van der Waals surface area (Å²) in [6.45, 7) is 0. The number of benzene rings is 2. The highest BCUT2D eigenvalue weighted by molar-refractivity contribution is 8.93. The van der Waals surface area contributed by atoms with E-state index in [2.05, 4.69) is 5.32 Å². The van der Waals surface area contributed by atoms with E-state index in [1.54, 1.807) is 0 Å². The maximum Gasteiger partial charge on any atom is 0.279 e. The van der Waals surface area contributed by atoms with E-state index in [0.29, 0.717) is 11.3 Å². The van der Waals surface area contributed by atoms with Crippen molar-refractivity contribution in [1.29, 1.82) is 0 Å². The van der Waals surface area contributed by atoms with Gasteiger partial charge in [0.1, 0.15) is 0 Å². The first-order valence-corrected chi connectivity index (χ1v) is 7.77. The molecule has 22 heavy (non-hydrogen) atoms. The van der Waals surface area contributed by atoms with E-state index in [0.717, 1.165) is 5.56 Å². The Morgan fingerprint density at radius 1 is 1.05 bits per heavy atom. The number of hydrogen-bond donors (Lipinski definition) is 1. The third kappa shape index (κ3) is 3.42. The van der Waals surface area contributed by atoms with Gasteiger partial charge in [0, 0.05) is 17.7 Å². The third-order valence-electron chi connectivity index (χ3n) is 3.68. The van der Waals surface area contributed by atoms with Gasteiger partial charge in [0.05, 0.1) is 5.54 Å². The van der Waals surface area contributed by atoms with Gasteiger partial charge in [0.15, 0.2) is 5.78 Å². The van der Waals surface area contributed by atoms with Crippen LogP contribution in [0.3, 0.4) is 0 Å². The average Bonchev–Trinajstić information content (AvgIpc) is 2.91. The smallest absolute Gasteiger partial charge is 0.279 e. The predicted molar refractivity (Wildman–Crippen MR) is 94.8 cm³/mol. The van der Waals surface area contributed by atoms with Crippen molar-refractivity contribution in [3.63, 3.8) is 0 Å². The van der Waals surface area contributed by atoms with Crippen molar-refractivity contribution in [2.75, 3.05) is 5.75 Å². The van der Waals surface area contributed by atoms with Crippen LogP contribution in [0.25, 0.3) is 0 Å². The van der Waals surface area contributed by atoms with E-state index in [-0.39, 0.29) is 34.4 Å². The molecule has 1 aliphatic heterocycles. The van der Waals surface area contributed by atoms with Crippen LogP contribution in [0.15, 0.2) is 60.7 Å². The van der Waals surface area contributed by atoms with Crippen LogP contribution in [0.2, 0.25) is 0 Å². The largest absolute Gasteiger partial charge is 0.336 e. The number of Topliss-reactive ketones (excluding diaryl/α,β-unsaturated/α-hetero) is 1. The molecule has 1 aliphatic rings. The van der Waals surface area contributed by atoms with E-state index >= 15 is 0 Å². The van der Waals surface area contributed by atoms with Crippen LogP contribution in [0.1, 0.15) is 22.3 Å². The molecule has 0 aromatic heterocycles. The van der Waals surface area contributed by atoms with E-state index in [4.69, 9.17) is 0 Å². The first-order chi connectivity index (χ1) is 10.2. The maximum atomic E-state index is 12.5. The second-order valence-electron chi connectivity index (χ2n) is 5.12. The van der Waals surface area contributed by atoms with Gasteiger partial charge >= 0.3 is 0 Å². The first-order valence-electron chi connectivity index (χ1n) is 6.78. The molecule has 1 N–H and O–H groups in total. The van der Waals surface area contributed by atoms with Crippen LogP contribution in [-0.2, 0) is 5.54 Å². The lowest BCUT2D eigenvalue weighted by atomic mass is 9.85. The monoisotopic (exact) mass is 377 g/mol. The van der Waals surface area contributed by atoms with Crippen LogP contribution in [0, 0.1) is 0 Å². The molecule has 1 heterocycles. The van der Waals surface area contributed by atoms with Crippen molar-refractivity contribution in [1.82, 2.24) is 5.32 Å². The summed E-state index contributed by atoms with van der Waals surface area (Å²) in [4.78, 5) is 24.2. The van der Waals surface area contributed by atoms with Gasteiger partial charge in [0.2, 0.25) is 0 Å². The predicted octanol–water partition coefficient (Wildman–Crippen LogP) is 4.19. The average molecular weight is 378 g/mol. The molecule has 2 aromatic rings. The fourth-order valence-corrected chi connectivity index (χ4v) is 3.55. The molecule has 1 saturated heterocycles. The Morgan fingerprint density at radius 3 is 2.18 bits per heavy atom. The SMILES string of the molecule is Br.O=C1NC(CC(=O)c2ccccc2)(c2ccccc2)CS1. The number of carbonyl (C=O) groups is 2. The molecule has 0 radical (unpaired) electrons. The normalized spacial score (nSPS) is 20.1. The summed E-state index contributed by atoms with van der Waals surface area (Å²) >= 11 is 1.23. The Labute approximate surface area is 144 Å². The molecule has 0 saturated carbocycles. The topological polar surface area (TPSA) is 46.2 Å². The number of halogens is 1. The lowest BCUT2D eigenvalue weighted by molar-refractivity contribution is 0.0950. The molecular formula is C17H16BrNO2S. The number of ketones is 1. The number of thioether (sulfide) groups is 1. The van der Waals surface area contributed by atoms with E-state index in [1.807, 2.05) is 60.7 Å². The second kappa shape index (κ2) is 7.11. The third-order valence-corrected chi connectivity index (χ3v) is 4.68. The Kier molecular flexibility index (Phi) is 5.42. The zero-order valence-corrected chi connectivity index (χ0v) is 14.4. The van der Waals surface area contributed by atoms with Gasteiger partial charge < -0.3 is 5.32 Å². The molecule has 3 rings (SSSR count). The molecule has 1 atom stereocenters. The van der Waals surface area contributed by atoms with Crippen LogP contribution in [-0.4, -0.2) is 16.8 Å². The fraction of sp³-hybridized carbons (Fsp3) is 0.176. The Morgan fingerprint density at radius 2 is 1.64 bits per heavy atom. The van der Waals surface area contributed by atoms with Crippen molar-refractivity contribution in [2.24, 2.45) is 0 Å². The maximum absolute atomic E-state index is 12.5.